The average Bonchev–Trinajstić information content (AvgIpc) is 3.11. The number of amides is 2. The number of benzene rings is 2. The maximum Gasteiger partial charge on any atom is 0.254 e. The SMILES string of the molecule is CC(c1ccc(S(C)(=O)=O)cc1)N(C)C(=O)c1cccc(N2CCCC2=O)c1. The quantitative estimate of drug-likeness (QED) is 0.773. The zero-order chi connectivity index (χ0) is 20.5. The third-order valence-electron chi connectivity index (χ3n) is 5.17. The van der Waals surface area contributed by atoms with Gasteiger partial charge in [-0.05, 0) is 49.2 Å². The minimum atomic E-state index is -3.26. The largest absolute Gasteiger partial charge is 0.335 e. The van der Waals surface area contributed by atoms with Crippen molar-refractivity contribution in [1.29, 1.82) is 0 Å². The minimum absolute atomic E-state index is 0.0808. The molecule has 0 N–H and O–H groups in total. The summed E-state index contributed by atoms with van der Waals surface area (Å²) in [5, 5.41) is 0. The van der Waals surface area contributed by atoms with Crippen molar-refractivity contribution < 1.29 is 18.0 Å². The van der Waals surface area contributed by atoms with Gasteiger partial charge in [-0.25, -0.2) is 8.42 Å². The first-order valence-corrected chi connectivity index (χ1v) is 11.1. The molecule has 0 spiro atoms. The van der Waals surface area contributed by atoms with Crippen molar-refractivity contribution in [3.8, 4) is 0 Å². The maximum absolute atomic E-state index is 13.0. The maximum atomic E-state index is 13.0. The Bertz CT molecular complexity index is 999. The fourth-order valence-electron chi connectivity index (χ4n) is 3.32. The molecule has 3 rings (SSSR count). The first kappa shape index (κ1) is 20.1. The summed E-state index contributed by atoms with van der Waals surface area (Å²) in [6, 6.07) is 13.4. The molecule has 0 saturated carbocycles. The highest BCUT2D eigenvalue weighted by Crippen LogP contribution is 2.25. The zero-order valence-electron chi connectivity index (χ0n) is 16.3. The molecule has 6 nitrogen and oxygen atoms in total. The topological polar surface area (TPSA) is 74.8 Å². The van der Waals surface area contributed by atoms with Crippen molar-refractivity contribution in [2.24, 2.45) is 0 Å². The number of sulfone groups is 1. The molecule has 1 aliphatic heterocycles. The predicted molar refractivity (Wildman–Crippen MR) is 108 cm³/mol. The van der Waals surface area contributed by atoms with Crippen molar-refractivity contribution >= 4 is 27.3 Å². The van der Waals surface area contributed by atoms with Gasteiger partial charge in [0, 0.05) is 37.5 Å². The van der Waals surface area contributed by atoms with Crippen LogP contribution in [0, 0.1) is 0 Å². The second-order valence-electron chi connectivity index (χ2n) is 7.13. The summed E-state index contributed by atoms with van der Waals surface area (Å²) in [5.74, 6) is -0.0783. The molecule has 1 unspecified atom stereocenters. The van der Waals surface area contributed by atoms with E-state index in [4.69, 9.17) is 0 Å². The van der Waals surface area contributed by atoms with Crippen LogP contribution in [0.15, 0.2) is 53.4 Å². The number of nitrogens with zero attached hydrogens (tertiary/aromatic N) is 2. The molecular formula is C21H24N2O4S. The van der Waals surface area contributed by atoms with Crippen LogP contribution in [0.1, 0.15) is 41.7 Å². The monoisotopic (exact) mass is 400 g/mol. The highest BCUT2D eigenvalue weighted by atomic mass is 32.2. The smallest absolute Gasteiger partial charge is 0.254 e. The second-order valence-corrected chi connectivity index (χ2v) is 9.15. The molecule has 1 heterocycles. The van der Waals surface area contributed by atoms with Crippen molar-refractivity contribution in [3.63, 3.8) is 0 Å². The predicted octanol–water partition coefficient (Wildman–Crippen LogP) is 3.05. The van der Waals surface area contributed by atoms with Gasteiger partial charge in [0.25, 0.3) is 5.91 Å². The summed E-state index contributed by atoms with van der Waals surface area (Å²) in [7, 11) is -1.54. The molecule has 2 aromatic carbocycles. The van der Waals surface area contributed by atoms with Crippen LogP contribution >= 0.6 is 0 Å². The number of hydrogen-bond acceptors (Lipinski definition) is 4. The third kappa shape index (κ3) is 4.09. The van der Waals surface area contributed by atoms with E-state index in [0.717, 1.165) is 17.7 Å². The molecular weight excluding hydrogens is 376 g/mol. The Hall–Kier alpha value is -2.67. The van der Waals surface area contributed by atoms with E-state index in [-0.39, 0.29) is 22.8 Å². The average molecular weight is 401 g/mol. The van der Waals surface area contributed by atoms with Crippen LogP contribution in [0.25, 0.3) is 0 Å². The van der Waals surface area contributed by atoms with Crippen LogP contribution in [-0.4, -0.2) is 45.0 Å². The van der Waals surface area contributed by atoms with E-state index in [9.17, 15) is 18.0 Å². The number of carbonyl (C=O) groups is 2. The van der Waals surface area contributed by atoms with E-state index in [1.807, 2.05) is 13.0 Å². The van der Waals surface area contributed by atoms with E-state index in [0.29, 0.717) is 18.5 Å². The van der Waals surface area contributed by atoms with Gasteiger partial charge < -0.3 is 9.80 Å². The summed E-state index contributed by atoms with van der Waals surface area (Å²) >= 11 is 0. The number of rotatable bonds is 5. The first-order chi connectivity index (χ1) is 13.2. The standard InChI is InChI=1S/C21H24N2O4S/c1-15(16-9-11-19(12-10-16)28(3,26)27)22(2)21(25)17-6-4-7-18(14-17)23-13-5-8-20(23)24/h4,6-7,9-12,14-15H,5,8,13H2,1-3H3. The van der Waals surface area contributed by atoms with E-state index < -0.39 is 9.84 Å². The Balaban J connectivity index is 1.79. The molecule has 1 aliphatic rings. The molecule has 148 valence electrons. The molecule has 2 amide bonds. The van der Waals surface area contributed by atoms with Crippen molar-refractivity contribution in [1.82, 2.24) is 4.90 Å². The molecule has 0 radical (unpaired) electrons. The van der Waals surface area contributed by atoms with Gasteiger partial charge in [-0.2, -0.15) is 0 Å². The minimum Gasteiger partial charge on any atom is -0.335 e. The Labute approximate surface area is 165 Å². The summed E-state index contributed by atoms with van der Waals surface area (Å²) in [6.07, 6.45) is 2.54. The van der Waals surface area contributed by atoms with Crippen LogP contribution in [0.2, 0.25) is 0 Å². The van der Waals surface area contributed by atoms with Gasteiger partial charge >= 0.3 is 0 Å². The summed E-state index contributed by atoms with van der Waals surface area (Å²) < 4.78 is 23.2. The summed E-state index contributed by atoms with van der Waals surface area (Å²) in [4.78, 5) is 28.5. The molecule has 1 saturated heterocycles. The van der Waals surface area contributed by atoms with Gasteiger partial charge in [-0.3, -0.25) is 9.59 Å². The van der Waals surface area contributed by atoms with Crippen molar-refractivity contribution in [2.45, 2.75) is 30.7 Å². The second kappa shape index (κ2) is 7.75. The third-order valence-corrected chi connectivity index (χ3v) is 6.30. The molecule has 0 bridgehead atoms. The molecule has 28 heavy (non-hydrogen) atoms. The lowest BCUT2D eigenvalue weighted by atomic mass is 10.1. The Kier molecular flexibility index (Phi) is 5.56. The highest BCUT2D eigenvalue weighted by Gasteiger charge is 2.24. The number of hydrogen-bond donors (Lipinski definition) is 0. The molecule has 7 heteroatoms. The molecule has 1 fully saturated rings. The van der Waals surface area contributed by atoms with Crippen LogP contribution in [0.3, 0.4) is 0 Å². The lowest BCUT2D eigenvalue weighted by Crippen LogP contribution is -2.30. The molecule has 0 aromatic heterocycles. The van der Waals surface area contributed by atoms with Crippen LogP contribution in [0.5, 0.6) is 0 Å². The fourth-order valence-corrected chi connectivity index (χ4v) is 3.96. The van der Waals surface area contributed by atoms with Gasteiger partial charge in [0.2, 0.25) is 5.91 Å². The lowest BCUT2D eigenvalue weighted by molar-refractivity contribution is -0.117. The molecule has 0 aliphatic carbocycles. The highest BCUT2D eigenvalue weighted by molar-refractivity contribution is 7.90. The Morgan fingerprint density at radius 2 is 1.82 bits per heavy atom. The van der Waals surface area contributed by atoms with Gasteiger partial charge in [-0.15, -0.1) is 0 Å². The van der Waals surface area contributed by atoms with Crippen LogP contribution in [0.4, 0.5) is 5.69 Å². The van der Waals surface area contributed by atoms with Crippen LogP contribution in [-0.2, 0) is 14.6 Å². The summed E-state index contributed by atoms with van der Waals surface area (Å²) in [6.45, 7) is 2.57. The number of anilines is 1. The normalized spacial score (nSPS) is 15.5. The van der Waals surface area contributed by atoms with E-state index in [1.165, 1.54) is 6.26 Å². The Morgan fingerprint density at radius 3 is 2.39 bits per heavy atom. The van der Waals surface area contributed by atoms with Gasteiger partial charge in [-0.1, -0.05) is 18.2 Å². The number of carbonyl (C=O) groups excluding carboxylic acids is 2. The fraction of sp³-hybridized carbons (Fsp3) is 0.333. The Morgan fingerprint density at radius 1 is 1.14 bits per heavy atom. The van der Waals surface area contributed by atoms with Gasteiger partial charge in [0.1, 0.15) is 0 Å². The lowest BCUT2D eigenvalue weighted by Gasteiger charge is -2.26. The van der Waals surface area contributed by atoms with Gasteiger partial charge in [0.15, 0.2) is 9.84 Å². The molecule has 2 aromatic rings. The summed E-state index contributed by atoms with van der Waals surface area (Å²) in [5.41, 5.74) is 2.10. The van der Waals surface area contributed by atoms with E-state index in [2.05, 4.69) is 0 Å². The molecule has 1 atom stereocenters. The first-order valence-electron chi connectivity index (χ1n) is 9.16. The van der Waals surface area contributed by atoms with Crippen molar-refractivity contribution in [2.75, 3.05) is 24.7 Å². The van der Waals surface area contributed by atoms with E-state index in [1.54, 1.807) is 59.3 Å². The van der Waals surface area contributed by atoms with Crippen LogP contribution < -0.4 is 4.90 Å². The van der Waals surface area contributed by atoms with Gasteiger partial charge in [0.05, 0.1) is 10.9 Å². The van der Waals surface area contributed by atoms with E-state index >= 15 is 0 Å². The zero-order valence-corrected chi connectivity index (χ0v) is 17.1. The van der Waals surface area contributed by atoms with Crippen molar-refractivity contribution in [3.05, 3.63) is 59.7 Å².